The van der Waals surface area contributed by atoms with Crippen LogP contribution in [-0.4, -0.2) is 92.9 Å². The maximum atomic E-state index is 12.5. The lowest BCUT2D eigenvalue weighted by atomic mass is 10.1. The number of thioether (sulfide) groups is 1. The van der Waals surface area contributed by atoms with Crippen molar-refractivity contribution in [3.05, 3.63) is 0 Å². The second kappa shape index (κ2) is 15.3. The summed E-state index contributed by atoms with van der Waals surface area (Å²) in [5, 5.41) is 33.4. The van der Waals surface area contributed by atoms with Gasteiger partial charge in [-0.2, -0.15) is 24.4 Å². The standard InChI is InChI=1S/C17H28N4O9S2/c1-32-5-4-8(18)14(26)21-11(7-31)16(28)20-10(6-13(24)25)15(27)19-9(17(29)30)2-3-12(22)23/h8-11,31H,2-7,18H2,1H3,(H,19,27)(H,20,28)(H,21,26)(H,22,23)(H,24,25)(H,29,30). The van der Waals surface area contributed by atoms with Crippen molar-refractivity contribution in [1.82, 2.24) is 16.0 Å². The SMILES string of the molecule is CSCCC(N)C(=O)NC(CS)C(=O)NC(CC(=O)O)C(=O)NC(CCC(=O)O)C(=O)O. The van der Waals surface area contributed by atoms with Crippen LogP contribution >= 0.6 is 24.4 Å². The molecule has 0 heterocycles. The van der Waals surface area contributed by atoms with Crippen molar-refractivity contribution in [1.29, 1.82) is 0 Å². The van der Waals surface area contributed by atoms with Crippen molar-refractivity contribution in [3.8, 4) is 0 Å². The molecular weight excluding hydrogens is 468 g/mol. The number of hydrogen-bond acceptors (Lipinski definition) is 9. The molecule has 0 aliphatic carbocycles. The molecule has 0 saturated heterocycles. The van der Waals surface area contributed by atoms with E-state index in [1.807, 2.05) is 11.6 Å². The lowest BCUT2D eigenvalue weighted by Crippen LogP contribution is -2.58. The Balaban J connectivity index is 5.24. The maximum Gasteiger partial charge on any atom is 0.326 e. The van der Waals surface area contributed by atoms with Gasteiger partial charge in [0.2, 0.25) is 17.7 Å². The van der Waals surface area contributed by atoms with Gasteiger partial charge >= 0.3 is 17.9 Å². The highest BCUT2D eigenvalue weighted by Crippen LogP contribution is 2.03. The van der Waals surface area contributed by atoms with Gasteiger partial charge in [0.15, 0.2) is 0 Å². The van der Waals surface area contributed by atoms with Gasteiger partial charge in [0, 0.05) is 12.2 Å². The first-order valence-electron chi connectivity index (χ1n) is 9.35. The van der Waals surface area contributed by atoms with Gasteiger partial charge < -0.3 is 37.0 Å². The molecule has 0 aliphatic rings. The fourth-order valence-electron chi connectivity index (χ4n) is 2.30. The number of aliphatic carboxylic acids is 3. The molecule has 0 aromatic heterocycles. The molecule has 0 aromatic rings. The molecule has 15 heteroatoms. The van der Waals surface area contributed by atoms with Gasteiger partial charge in [0.25, 0.3) is 0 Å². The highest BCUT2D eigenvalue weighted by atomic mass is 32.2. The molecule has 3 amide bonds. The molecule has 13 nitrogen and oxygen atoms in total. The van der Waals surface area contributed by atoms with E-state index in [0.717, 1.165) is 0 Å². The van der Waals surface area contributed by atoms with Crippen LogP contribution in [0.4, 0.5) is 0 Å². The van der Waals surface area contributed by atoms with Gasteiger partial charge in [-0.15, -0.1) is 0 Å². The zero-order chi connectivity index (χ0) is 24.8. The summed E-state index contributed by atoms with van der Waals surface area (Å²) in [4.78, 5) is 70.0. The summed E-state index contributed by atoms with van der Waals surface area (Å²) >= 11 is 5.45. The Morgan fingerprint density at radius 2 is 1.38 bits per heavy atom. The van der Waals surface area contributed by atoms with Crippen molar-refractivity contribution >= 4 is 60.0 Å². The molecular formula is C17H28N4O9S2. The summed E-state index contributed by atoms with van der Waals surface area (Å²) in [6, 6.07) is -5.42. The molecule has 8 N–H and O–H groups in total. The van der Waals surface area contributed by atoms with Crippen molar-refractivity contribution in [2.75, 3.05) is 17.8 Å². The Labute approximate surface area is 193 Å². The van der Waals surface area contributed by atoms with Gasteiger partial charge in [0.1, 0.15) is 18.1 Å². The largest absolute Gasteiger partial charge is 0.481 e. The lowest BCUT2D eigenvalue weighted by Gasteiger charge is -2.23. The van der Waals surface area contributed by atoms with Gasteiger partial charge in [-0.1, -0.05) is 0 Å². The van der Waals surface area contributed by atoms with Crippen molar-refractivity contribution in [2.24, 2.45) is 5.73 Å². The second-order valence-corrected chi connectivity index (χ2v) is 7.97. The van der Waals surface area contributed by atoms with Gasteiger partial charge in [0.05, 0.1) is 12.5 Å². The summed E-state index contributed by atoms with van der Waals surface area (Å²) in [7, 11) is 0. The fraction of sp³-hybridized carbons (Fsp3) is 0.647. The van der Waals surface area contributed by atoms with E-state index in [9.17, 15) is 28.8 Å². The average Bonchev–Trinajstić information content (AvgIpc) is 2.71. The third-order valence-electron chi connectivity index (χ3n) is 4.06. The Hall–Kier alpha value is -2.52. The fourth-order valence-corrected chi connectivity index (χ4v) is 3.05. The Kier molecular flexibility index (Phi) is 14.1. The minimum atomic E-state index is -1.68. The average molecular weight is 497 g/mol. The highest BCUT2D eigenvalue weighted by molar-refractivity contribution is 7.98. The van der Waals surface area contributed by atoms with Crippen LogP contribution in [0.25, 0.3) is 0 Å². The summed E-state index contributed by atoms with van der Waals surface area (Å²) in [5.74, 6) is -6.56. The number of carbonyl (C=O) groups is 6. The minimum Gasteiger partial charge on any atom is -0.481 e. The van der Waals surface area contributed by atoms with Crippen LogP contribution in [0, 0.1) is 0 Å². The Bertz CT molecular complexity index is 708. The number of rotatable bonds is 16. The number of nitrogens with one attached hydrogen (secondary N) is 3. The van der Waals surface area contributed by atoms with Crippen molar-refractivity contribution in [3.63, 3.8) is 0 Å². The summed E-state index contributed by atoms with van der Waals surface area (Å²) in [6.07, 6.45) is 0.290. The number of carbonyl (C=O) groups excluding carboxylic acids is 3. The second-order valence-electron chi connectivity index (χ2n) is 6.62. The molecule has 0 bridgehead atoms. The first-order valence-corrected chi connectivity index (χ1v) is 11.4. The van der Waals surface area contributed by atoms with E-state index in [2.05, 4.69) is 23.3 Å². The van der Waals surface area contributed by atoms with Gasteiger partial charge in [-0.3, -0.25) is 24.0 Å². The third-order valence-corrected chi connectivity index (χ3v) is 5.07. The number of hydrogen-bond donors (Lipinski definition) is 8. The molecule has 4 unspecified atom stereocenters. The Morgan fingerprint density at radius 1 is 0.844 bits per heavy atom. The van der Waals surface area contributed by atoms with Crippen LogP contribution in [0.5, 0.6) is 0 Å². The molecule has 0 fully saturated rings. The van der Waals surface area contributed by atoms with Gasteiger partial charge in [-0.05, 0) is 24.9 Å². The predicted molar refractivity (Wildman–Crippen MR) is 117 cm³/mol. The number of nitrogens with two attached hydrogens (primary N) is 1. The number of thiol groups is 1. The minimum absolute atomic E-state index is 0.190. The smallest absolute Gasteiger partial charge is 0.326 e. The molecule has 182 valence electrons. The molecule has 0 rings (SSSR count). The van der Waals surface area contributed by atoms with Crippen molar-refractivity contribution < 1.29 is 44.1 Å². The first kappa shape index (κ1) is 29.5. The third kappa shape index (κ3) is 11.8. The predicted octanol–water partition coefficient (Wildman–Crippen LogP) is -2.12. The molecule has 32 heavy (non-hydrogen) atoms. The zero-order valence-corrected chi connectivity index (χ0v) is 19.0. The summed E-state index contributed by atoms with van der Waals surface area (Å²) in [5.41, 5.74) is 5.73. The maximum absolute atomic E-state index is 12.5. The van der Waals surface area contributed by atoms with E-state index >= 15 is 0 Å². The van der Waals surface area contributed by atoms with Crippen LogP contribution in [0.1, 0.15) is 25.7 Å². The van der Waals surface area contributed by atoms with Crippen LogP contribution in [0.2, 0.25) is 0 Å². The van der Waals surface area contributed by atoms with Crippen LogP contribution < -0.4 is 21.7 Å². The van der Waals surface area contributed by atoms with Crippen LogP contribution in [0.3, 0.4) is 0 Å². The van der Waals surface area contributed by atoms with E-state index in [4.69, 9.17) is 21.1 Å². The molecule has 0 radical (unpaired) electrons. The molecule has 0 aromatic carbocycles. The first-order chi connectivity index (χ1) is 14.9. The van der Waals surface area contributed by atoms with E-state index in [0.29, 0.717) is 12.2 Å². The lowest BCUT2D eigenvalue weighted by molar-refractivity contribution is -0.144. The van der Waals surface area contributed by atoms with Gasteiger partial charge in [-0.25, -0.2) is 4.79 Å². The molecule has 0 saturated carbocycles. The quantitative estimate of drug-likeness (QED) is 0.108. The van der Waals surface area contributed by atoms with Crippen LogP contribution in [-0.2, 0) is 28.8 Å². The monoisotopic (exact) mass is 496 g/mol. The van der Waals surface area contributed by atoms with Crippen molar-refractivity contribution in [2.45, 2.75) is 49.9 Å². The summed E-state index contributed by atoms with van der Waals surface area (Å²) < 4.78 is 0. The normalized spacial score (nSPS) is 14.3. The molecule has 0 aliphatic heterocycles. The number of amides is 3. The van der Waals surface area contributed by atoms with E-state index in [1.54, 1.807) is 0 Å². The molecule has 4 atom stereocenters. The van der Waals surface area contributed by atoms with E-state index in [-0.39, 0.29) is 5.75 Å². The van der Waals surface area contributed by atoms with E-state index in [1.165, 1.54) is 11.8 Å². The van der Waals surface area contributed by atoms with Crippen LogP contribution in [0.15, 0.2) is 0 Å². The van der Waals surface area contributed by atoms with E-state index < -0.39 is 79.1 Å². The summed E-state index contributed by atoms with van der Waals surface area (Å²) in [6.45, 7) is 0. The zero-order valence-electron chi connectivity index (χ0n) is 17.3. The highest BCUT2D eigenvalue weighted by Gasteiger charge is 2.31. The number of carboxylic acids is 3. The number of carboxylic acid groups (broad SMARTS) is 3. The Morgan fingerprint density at radius 3 is 1.84 bits per heavy atom. The molecule has 0 spiro atoms. The topological polar surface area (TPSA) is 225 Å².